The molecule has 2 aromatic carbocycles. The highest BCUT2D eigenvalue weighted by Gasteiger charge is 2.29. The summed E-state index contributed by atoms with van der Waals surface area (Å²) in [6.07, 6.45) is 7.08. The third-order valence-corrected chi connectivity index (χ3v) is 5.38. The fourth-order valence-corrected chi connectivity index (χ4v) is 4.16. The zero-order chi connectivity index (χ0) is 18.1. The first-order chi connectivity index (χ1) is 12.7. The maximum Gasteiger partial charge on any atom is 0.0995 e. The van der Waals surface area contributed by atoms with Crippen LogP contribution in [-0.2, 0) is 12.8 Å². The highest BCUT2D eigenvalue weighted by atomic mass is 15.2. The highest BCUT2D eigenvalue weighted by Crippen LogP contribution is 2.42. The van der Waals surface area contributed by atoms with Crippen LogP contribution in [-0.4, -0.2) is 6.54 Å². The monoisotopic (exact) mass is 341 g/mol. The minimum absolute atomic E-state index is 0.0252. The number of nitrogens with one attached hydrogen (secondary N) is 1. The molecular weight excluding hydrogens is 318 g/mol. The van der Waals surface area contributed by atoms with Gasteiger partial charge >= 0.3 is 0 Å². The summed E-state index contributed by atoms with van der Waals surface area (Å²) >= 11 is 0. The van der Waals surface area contributed by atoms with E-state index in [4.69, 9.17) is 0 Å². The van der Waals surface area contributed by atoms with Gasteiger partial charge in [0, 0.05) is 17.9 Å². The fourth-order valence-electron chi connectivity index (χ4n) is 4.16. The predicted molar refractivity (Wildman–Crippen MR) is 106 cm³/mol. The van der Waals surface area contributed by atoms with E-state index in [-0.39, 0.29) is 6.04 Å². The summed E-state index contributed by atoms with van der Waals surface area (Å²) in [4.78, 5) is 2.38. The first kappa shape index (κ1) is 16.5. The molecule has 2 aromatic rings. The summed E-state index contributed by atoms with van der Waals surface area (Å²) in [5, 5.41) is 13.1. The normalized spacial score (nSPS) is 16.5. The topological polar surface area (TPSA) is 39.1 Å². The second-order valence-electron chi connectivity index (χ2n) is 6.95. The number of hydrogen-bond donors (Lipinski definition) is 1. The Morgan fingerprint density at radius 1 is 1.19 bits per heavy atom. The molecule has 1 unspecified atom stereocenters. The lowest BCUT2D eigenvalue weighted by atomic mass is 9.89. The van der Waals surface area contributed by atoms with Crippen molar-refractivity contribution in [2.75, 3.05) is 11.4 Å². The molecular formula is C23H23N3. The molecule has 0 spiro atoms. The van der Waals surface area contributed by atoms with Crippen molar-refractivity contribution < 1.29 is 0 Å². The first-order valence-corrected chi connectivity index (χ1v) is 9.20. The van der Waals surface area contributed by atoms with Crippen molar-refractivity contribution in [2.24, 2.45) is 0 Å². The van der Waals surface area contributed by atoms with E-state index in [0.29, 0.717) is 0 Å². The van der Waals surface area contributed by atoms with Gasteiger partial charge in [-0.05, 0) is 60.7 Å². The number of aryl methyl sites for hydroxylation is 1. The lowest BCUT2D eigenvalue weighted by molar-refractivity contribution is 0.722. The van der Waals surface area contributed by atoms with Crippen molar-refractivity contribution in [3.8, 4) is 6.07 Å². The molecule has 0 bridgehead atoms. The van der Waals surface area contributed by atoms with E-state index in [1.165, 1.54) is 28.1 Å². The molecule has 0 aliphatic carbocycles. The van der Waals surface area contributed by atoms with Crippen molar-refractivity contribution in [1.82, 2.24) is 5.32 Å². The average molecular weight is 341 g/mol. The zero-order valence-corrected chi connectivity index (χ0v) is 15.1. The van der Waals surface area contributed by atoms with E-state index in [9.17, 15) is 5.26 Å². The van der Waals surface area contributed by atoms with Gasteiger partial charge in [0.15, 0.2) is 0 Å². The molecule has 0 aromatic heterocycles. The van der Waals surface area contributed by atoms with Crippen LogP contribution < -0.4 is 10.2 Å². The molecule has 26 heavy (non-hydrogen) atoms. The summed E-state index contributed by atoms with van der Waals surface area (Å²) in [6, 6.07) is 14.8. The summed E-state index contributed by atoms with van der Waals surface area (Å²) in [5.74, 6) is 0. The molecule has 2 aliphatic rings. The minimum atomic E-state index is -0.0252. The third-order valence-electron chi connectivity index (χ3n) is 5.38. The van der Waals surface area contributed by atoms with Gasteiger partial charge in [0.1, 0.15) is 0 Å². The first-order valence-electron chi connectivity index (χ1n) is 9.20. The van der Waals surface area contributed by atoms with Crippen molar-refractivity contribution in [3.05, 3.63) is 88.8 Å². The van der Waals surface area contributed by atoms with E-state index in [2.05, 4.69) is 35.0 Å². The van der Waals surface area contributed by atoms with Gasteiger partial charge in [-0.15, -0.1) is 0 Å². The van der Waals surface area contributed by atoms with Gasteiger partial charge < -0.3 is 10.2 Å². The Kier molecular flexibility index (Phi) is 4.26. The van der Waals surface area contributed by atoms with Gasteiger partial charge in [-0.1, -0.05) is 43.0 Å². The second-order valence-corrected chi connectivity index (χ2v) is 6.95. The SMILES string of the molecule is C=C1CCc2cc(C(N/C=C\C)c3ccccc3C#N)cc3c2N1CC3. The molecule has 1 atom stereocenters. The Bertz CT molecular complexity index is 933. The molecule has 0 fully saturated rings. The standard InChI is InChI=1S/C23H23N3/c1-3-11-25-22(21-7-5-4-6-19(21)15-24)20-13-17-9-8-16(2)26-12-10-18(14-20)23(17)26/h3-7,11,13-14,22,25H,2,8-10,12H2,1H3/b11-3-. The van der Waals surface area contributed by atoms with Gasteiger partial charge in [0.05, 0.1) is 17.7 Å². The van der Waals surface area contributed by atoms with Crippen LogP contribution in [0.25, 0.3) is 0 Å². The molecule has 0 saturated carbocycles. The molecule has 2 aliphatic heterocycles. The molecule has 0 saturated heterocycles. The van der Waals surface area contributed by atoms with Crippen LogP contribution in [0.1, 0.15) is 47.2 Å². The smallest absolute Gasteiger partial charge is 0.0995 e. The molecule has 1 N–H and O–H groups in total. The predicted octanol–water partition coefficient (Wildman–Crippen LogP) is 4.59. The van der Waals surface area contributed by atoms with Crippen LogP contribution in [0.2, 0.25) is 0 Å². The van der Waals surface area contributed by atoms with Crippen molar-refractivity contribution in [2.45, 2.75) is 32.2 Å². The molecule has 4 rings (SSSR count). The van der Waals surface area contributed by atoms with E-state index in [1.807, 2.05) is 43.5 Å². The lowest BCUT2D eigenvalue weighted by Gasteiger charge is -2.30. The Morgan fingerprint density at radius 3 is 2.73 bits per heavy atom. The van der Waals surface area contributed by atoms with Gasteiger partial charge in [0.2, 0.25) is 0 Å². The zero-order valence-electron chi connectivity index (χ0n) is 15.1. The third kappa shape index (κ3) is 2.68. The minimum Gasteiger partial charge on any atom is -0.380 e. The number of rotatable bonds is 4. The molecule has 0 radical (unpaired) electrons. The van der Waals surface area contributed by atoms with Crippen LogP contribution in [0, 0.1) is 11.3 Å². The summed E-state index contributed by atoms with van der Waals surface area (Å²) in [6.45, 7) is 7.27. The maximum atomic E-state index is 9.56. The van der Waals surface area contributed by atoms with E-state index >= 15 is 0 Å². The van der Waals surface area contributed by atoms with E-state index in [1.54, 1.807) is 0 Å². The van der Waals surface area contributed by atoms with Crippen LogP contribution in [0.3, 0.4) is 0 Å². The van der Waals surface area contributed by atoms with Gasteiger partial charge in [-0.25, -0.2) is 0 Å². The van der Waals surface area contributed by atoms with Crippen LogP contribution in [0.15, 0.2) is 61.0 Å². The van der Waals surface area contributed by atoms with E-state index in [0.717, 1.165) is 36.9 Å². The Morgan fingerprint density at radius 2 is 1.96 bits per heavy atom. The van der Waals surface area contributed by atoms with Gasteiger partial charge in [-0.3, -0.25) is 0 Å². The Balaban J connectivity index is 1.83. The average Bonchev–Trinajstić information content (AvgIpc) is 3.11. The highest BCUT2D eigenvalue weighted by molar-refractivity contribution is 5.70. The number of anilines is 1. The molecule has 3 heteroatoms. The van der Waals surface area contributed by atoms with Crippen molar-refractivity contribution in [3.63, 3.8) is 0 Å². The van der Waals surface area contributed by atoms with Crippen LogP contribution in [0.5, 0.6) is 0 Å². The quantitative estimate of drug-likeness (QED) is 0.884. The van der Waals surface area contributed by atoms with Crippen molar-refractivity contribution >= 4 is 5.69 Å². The van der Waals surface area contributed by atoms with Crippen molar-refractivity contribution in [1.29, 1.82) is 5.26 Å². The van der Waals surface area contributed by atoms with E-state index < -0.39 is 0 Å². The summed E-state index contributed by atoms with van der Waals surface area (Å²) < 4.78 is 0. The Labute approximate surface area is 155 Å². The maximum absolute atomic E-state index is 9.56. The number of allylic oxidation sites excluding steroid dienone is 2. The van der Waals surface area contributed by atoms with Crippen LogP contribution >= 0.6 is 0 Å². The number of nitrogens with zero attached hydrogens (tertiary/aromatic N) is 2. The van der Waals surface area contributed by atoms with Crippen LogP contribution in [0.4, 0.5) is 5.69 Å². The largest absolute Gasteiger partial charge is 0.380 e. The number of hydrogen-bond acceptors (Lipinski definition) is 3. The summed E-state index contributed by atoms with van der Waals surface area (Å²) in [7, 11) is 0. The lowest BCUT2D eigenvalue weighted by Crippen LogP contribution is -2.24. The molecule has 130 valence electrons. The van der Waals surface area contributed by atoms with Gasteiger partial charge in [0.25, 0.3) is 0 Å². The molecule has 2 heterocycles. The Hall–Kier alpha value is -2.99. The fraction of sp³-hybridized carbons (Fsp3) is 0.261. The number of benzene rings is 2. The molecule has 3 nitrogen and oxygen atoms in total. The molecule has 0 amide bonds. The summed E-state index contributed by atoms with van der Waals surface area (Å²) in [5.41, 5.74) is 8.40. The van der Waals surface area contributed by atoms with Gasteiger partial charge in [-0.2, -0.15) is 5.26 Å². The number of nitriles is 1. The second kappa shape index (κ2) is 6.72.